The van der Waals surface area contributed by atoms with Crippen molar-refractivity contribution in [1.29, 1.82) is 0 Å². The molecule has 4 heteroatoms. The van der Waals surface area contributed by atoms with Crippen LogP contribution in [0, 0.1) is 0 Å². The fourth-order valence-electron chi connectivity index (χ4n) is 1.56. The minimum absolute atomic E-state index is 0.104. The van der Waals surface area contributed by atoms with E-state index in [2.05, 4.69) is 11.9 Å². The predicted octanol–water partition coefficient (Wildman–Crippen LogP) is -0.687. The molecule has 0 radical (unpaired) electrons. The monoisotopic (exact) mass is 190 g/mol. The lowest BCUT2D eigenvalue weighted by molar-refractivity contribution is -0.711. The summed E-state index contributed by atoms with van der Waals surface area (Å²) in [5, 5.41) is 2.06. The minimum atomic E-state index is -2.75. The maximum Gasteiger partial charge on any atom is 0.156 e. The molecule has 1 fully saturated rings. The Balaban J connectivity index is 2.58. The van der Waals surface area contributed by atoms with Gasteiger partial charge in [0.15, 0.2) is 9.84 Å². The van der Waals surface area contributed by atoms with Crippen LogP contribution in [-0.2, 0) is 9.84 Å². The van der Waals surface area contributed by atoms with Crippen molar-refractivity contribution < 1.29 is 13.7 Å². The third kappa shape index (κ3) is 2.32. The van der Waals surface area contributed by atoms with Crippen molar-refractivity contribution in [2.24, 2.45) is 0 Å². The molecule has 1 saturated heterocycles. The number of nitrogens with two attached hydrogens (primary N) is 1. The standard InChI is InChI=1S/C8H15NO2S/c1-3-5-9-8(2)4-6-12(10,11)7-8/h3,9H,1,4-7H2,2H3/p+1/t8-/m0/s1. The Hall–Kier alpha value is -0.350. The van der Waals surface area contributed by atoms with Crippen LogP contribution < -0.4 is 5.32 Å². The lowest BCUT2D eigenvalue weighted by Gasteiger charge is -2.18. The van der Waals surface area contributed by atoms with E-state index in [9.17, 15) is 8.42 Å². The van der Waals surface area contributed by atoms with Gasteiger partial charge in [0.2, 0.25) is 0 Å². The van der Waals surface area contributed by atoms with Crippen molar-refractivity contribution in [2.45, 2.75) is 18.9 Å². The first kappa shape index (κ1) is 9.74. The molecule has 0 spiro atoms. The second-order valence-electron chi connectivity index (χ2n) is 3.72. The highest BCUT2D eigenvalue weighted by molar-refractivity contribution is 7.91. The maximum absolute atomic E-state index is 11.2. The van der Waals surface area contributed by atoms with E-state index in [1.807, 2.05) is 6.92 Å². The van der Waals surface area contributed by atoms with E-state index in [1.54, 1.807) is 6.08 Å². The van der Waals surface area contributed by atoms with Crippen molar-refractivity contribution in [1.82, 2.24) is 0 Å². The van der Waals surface area contributed by atoms with Crippen LogP contribution in [0.2, 0.25) is 0 Å². The molecule has 3 nitrogen and oxygen atoms in total. The van der Waals surface area contributed by atoms with Gasteiger partial charge in [-0.1, -0.05) is 6.58 Å². The Morgan fingerprint density at radius 1 is 1.67 bits per heavy atom. The Morgan fingerprint density at radius 3 is 2.75 bits per heavy atom. The molecule has 0 unspecified atom stereocenters. The normalized spacial score (nSPS) is 33.4. The average Bonchev–Trinajstić information content (AvgIpc) is 2.23. The summed E-state index contributed by atoms with van der Waals surface area (Å²) in [6.45, 7) is 6.41. The molecule has 0 bridgehead atoms. The van der Waals surface area contributed by atoms with Crippen molar-refractivity contribution >= 4 is 9.84 Å². The molecule has 2 N–H and O–H groups in total. The maximum atomic E-state index is 11.2. The van der Waals surface area contributed by atoms with Crippen molar-refractivity contribution in [3.05, 3.63) is 12.7 Å². The van der Waals surface area contributed by atoms with E-state index in [4.69, 9.17) is 0 Å². The summed E-state index contributed by atoms with van der Waals surface area (Å²) in [5.41, 5.74) is -0.104. The van der Waals surface area contributed by atoms with Crippen LogP contribution in [0.4, 0.5) is 0 Å². The second-order valence-corrected chi connectivity index (χ2v) is 5.91. The van der Waals surface area contributed by atoms with E-state index < -0.39 is 9.84 Å². The lowest BCUT2D eigenvalue weighted by atomic mass is 10.0. The van der Waals surface area contributed by atoms with Crippen molar-refractivity contribution in [3.8, 4) is 0 Å². The average molecular weight is 190 g/mol. The molecule has 1 aliphatic heterocycles. The van der Waals surface area contributed by atoms with Crippen LogP contribution in [0.5, 0.6) is 0 Å². The molecule has 0 aliphatic carbocycles. The Morgan fingerprint density at radius 2 is 2.33 bits per heavy atom. The SMILES string of the molecule is C=CC[NH2+][C@@]1(C)CCS(=O)(=O)C1. The van der Waals surface area contributed by atoms with Crippen LogP contribution in [0.25, 0.3) is 0 Å². The summed E-state index contributed by atoms with van der Waals surface area (Å²) in [6, 6.07) is 0. The minimum Gasteiger partial charge on any atom is -0.338 e. The van der Waals surface area contributed by atoms with Crippen LogP contribution in [0.1, 0.15) is 13.3 Å². The van der Waals surface area contributed by atoms with Gasteiger partial charge in [0.1, 0.15) is 11.3 Å². The molecular formula is C8H16NO2S+. The molecule has 0 amide bonds. The molecule has 1 aliphatic rings. The summed E-state index contributed by atoms with van der Waals surface area (Å²) in [7, 11) is -2.75. The van der Waals surface area contributed by atoms with Gasteiger partial charge in [0.25, 0.3) is 0 Å². The van der Waals surface area contributed by atoms with Crippen LogP contribution >= 0.6 is 0 Å². The van der Waals surface area contributed by atoms with Gasteiger partial charge in [-0.3, -0.25) is 0 Å². The number of quaternary nitrogens is 1. The fourth-order valence-corrected chi connectivity index (χ4v) is 3.75. The third-order valence-corrected chi connectivity index (χ3v) is 4.24. The molecule has 0 aromatic rings. The van der Waals surface area contributed by atoms with E-state index in [0.29, 0.717) is 11.5 Å². The Labute approximate surface area is 73.8 Å². The van der Waals surface area contributed by atoms with E-state index >= 15 is 0 Å². The van der Waals surface area contributed by atoms with Crippen molar-refractivity contribution in [3.63, 3.8) is 0 Å². The Kier molecular flexibility index (Phi) is 2.58. The Bertz CT molecular complexity index is 271. The summed E-state index contributed by atoms with van der Waals surface area (Å²) >= 11 is 0. The van der Waals surface area contributed by atoms with E-state index in [-0.39, 0.29) is 5.54 Å². The van der Waals surface area contributed by atoms with Crippen LogP contribution in [0.15, 0.2) is 12.7 Å². The fraction of sp³-hybridized carbons (Fsp3) is 0.750. The molecule has 12 heavy (non-hydrogen) atoms. The van der Waals surface area contributed by atoms with Gasteiger partial charge in [0.05, 0.1) is 12.3 Å². The van der Waals surface area contributed by atoms with Crippen molar-refractivity contribution in [2.75, 3.05) is 18.1 Å². The van der Waals surface area contributed by atoms with Gasteiger partial charge in [-0.15, -0.1) is 0 Å². The summed E-state index contributed by atoms with van der Waals surface area (Å²) in [4.78, 5) is 0. The topological polar surface area (TPSA) is 50.8 Å². The molecule has 0 aromatic carbocycles. The molecule has 0 saturated carbocycles. The first-order valence-electron chi connectivity index (χ1n) is 4.13. The van der Waals surface area contributed by atoms with Crippen LogP contribution in [-0.4, -0.2) is 32.0 Å². The predicted molar refractivity (Wildman–Crippen MR) is 48.7 cm³/mol. The first-order chi connectivity index (χ1) is 5.47. The molecule has 1 heterocycles. The zero-order valence-corrected chi connectivity index (χ0v) is 8.23. The number of hydrogen-bond acceptors (Lipinski definition) is 2. The molecule has 1 atom stereocenters. The van der Waals surface area contributed by atoms with Gasteiger partial charge in [0, 0.05) is 6.42 Å². The van der Waals surface area contributed by atoms with Gasteiger partial charge < -0.3 is 5.32 Å². The number of sulfone groups is 1. The third-order valence-electron chi connectivity index (χ3n) is 2.31. The number of rotatable bonds is 3. The summed E-state index contributed by atoms with van der Waals surface area (Å²) in [6.07, 6.45) is 2.57. The molecule has 70 valence electrons. The zero-order chi connectivity index (χ0) is 9.24. The quantitative estimate of drug-likeness (QED) is 0.599. The van der Waals surface area contributed by atoms with Gasteiger partial charge in [-0.2, -0.15) is 0 Å². The molecular weight excluding hydrogens is 174 g/mol. The van der Waals surface area contributed by atoms with E-state index in [1.165, 1.54) is 0 Å². The highest BCUT2D eigenvalue weighted by Crippen LogP contribution is 2.18. The highest BCUT2D eigenvalue weighted by atomic mass is 32.2. The lowest BCUT2D eigenvalue weighted by Crippen LogP contribution is -2.96. The van der Waals surface area contributed by atoms with Gasteiger partial charge in [-0.05, 0) is 13.0 Å². The first-order valence-corrected chi connectivity index (χ1v) is 5.95. The molecule has 0 aromatic heterocycles. The van der Waals surface area contributed by atoms with Crippen LogP contribution in [0.3, 0.4) is 0 Å². The second kappa shape index (κ2) is 3.18. The summed E-state index contributed by atoms with van der Waals surface area (Å²) < 4.78 is 22.3. The summed E-state index contributed by atoms with van der Waals surface area (Å²) in [5.74, 6) is 0.658. The smallest absolute Gasteiger partial charge is 0.156 e. The van der Waals surface area contributed by atoms with Gasteiger partial charge in [-0.25, -0.2) is 8.42 Å². The van der Waals surface area contributed by atoms with E-state index in [0.717, 1.165) is 13.0 Å². The highest BCUT2D eigenvalue weighted by Gasteiger charge is 2.40. The largest absolute Gasteiger partial charge is 0.338 e. The number of hydrogen-bond donors (Lipinski definition) is 1. The zero-order valence-electron chi connectivity index (χ0n) is 7.41. The van der Waals surface area contributed by atoms with Gasteiger partial charge >= 0.3 is 0 Å². The molecule has 1 rings (SSSR count).